The van der Waals surface area contributed by atoms with Gasteiger partial charge in [-0.3, -0.25) is 4.79 Å². The van der Waals surface area contributed by atoms with Crippen LogP contribution in [-0.4, -0.2) is 37.7 Å². The maximum absolute atomic E-state index is 13.9. The highest BCUT2D eigenvalue weighted by Crippen LogP contribution is 2.36. The van der Waals surface area contributed by atoms with Crippen LogP contribution in [0.2, 0.25) is 0 Å². The molecule has 0 bridgehead atoms. The van der Waals surface area contributed by atoms with Crippen LogP contribution in [0.4, 0.5) is 0 Å². The van der Waals surface area contributed by atoms with Crippen molar-refractivity contribution in [2.75, 3.05) is 6.54 Å². The third-order valence-electron chi connectivity index (χ3n) is 6.91. The monoisotopic (exact) mass is 540 g/mol. The number of hydrogen-bond acceptors (Lipinski definition) is 9. The summed E-state index contributed by atoms with van der Waals surface area (Å²) in [4.78, 5) is 20.4. The Morgan fingerprint density at radius 2 is 1.97 bits per heavy atom. The van der Waals surface area contributed by atoms with E-state index in [-0.39, 0.29) is 17.8 Å². The number of carbonyl (C=O) groups excluding carboxylic acids is 1. The SMILES string of the molecule is Cc1csc([C@H]2CCCN2C(=O)c2cc(-c3ccno3)cc(-c3nnc([C@](C)(N)Cc4ccccc4)o3)c2)n1. The van der Waals surface area contributed by atoms with E-state index in [1.165, 1.54) is 0 Å². The van der Waals surface area contributed by atoms with E-state index in [0.717, 1.165) is 29.1 Å². The van der Waals surface area contributed by atoms with Gasteiger partial charge >= 0.3 is 0 Å². The Bertz CT molecular complexity index is 1590. The minimum absolute atomic E-state index is 0.0421. The number of rotatable bonds is 7. The molecule has 2 aromatic carbocycles. The van der Waals surface area contributed by atoms with Gasteiger partial charge in [0.25, 0.3) is 5.91 Å². The first-order valence-electron chi connectivity index (χ1n) is 12.8. The molecule has 1 aliphatic heterocycles. The van der Waals surface area contributed by atoms with Crippen molar-refractivity contribution in [3.05, 3.63) is 93.9 Å². The van der Waals surface area contributed by atoms with Crippen LogP contribution in [0.25, 0.3) is 22.8 Å². The molecule has 198 valence electrons. The number of nitrogens with two attached hydrogens (primary N) is 1. The molecule has 1 amide bonds. The summed E-state index contributed by atoms with van der Waals surface area (Å²) in [7, 11) is 0. The lowest BCUT2D eigenvalue weighted by Crippen LogP contribution is -2.35. The van der Waals surface area contributed by atoms with Gasteiger partial charge < -0.3 is 19.6 Å². The molecule has 0 radical (unpaired) electrons. The predicted octanol–water partition coefficient (Wildman–Crippen LogP) is 5.55. The largest absolute Gasteiger partial charge is 0.419 e. The van der Waals surface area contributed by atoms with Crippen LogP contribution in [0.5, 0.6) is 0 Å². The molecule has 9 nitrogen and oxygen atoms in total. The summed E-state index contributed by atoms with van der Waals surface area (Å²) in [5.74, 6) is 1.05. The second kappa shape index (κ2) is 10.2. The van der Waals surface area contributed by atoms with Gasteiger partial charge in [-0.15, -0.1) is 21.5 Å². The lowest BCUT2D eigenvalue weighted by molar-refractivity contribution is 0.0735. The van der Waals surface area contributed by atoms with Gasteiger partial charge in [-0.25, -0.2) is 4.98 Å². The summed E-state index contributed by atoms with van der Waals surface area (Å²) >= 11 is 1.60. The lowest BCUT2D eigenvalue weighted by Gasteiger charge is -2.23. The number of aromatic nitrogens is 4. The van der Waals surface area contributed by atoms with Crippen molar-refractivity contribution in [3.63, 3.8) is 0 Å². The molecule has 2 N–H and O–H groups in total. The van der Waals surface area contributed by atoms with Gasteiger partial charge in [-0.1, -0.05) is 35.5 Å². The van der Waals surface area contributed by atoms with E-state index in [4.69, 9.17) is 14.7 Å². The van der Waals surface area contributed by atoms with Gasteiger partial charge in [-0.2, -0.15) is 0 Å². The third kappa shape index (κ3) is 5.13. The van der Waals surface area contributed by atoms with Gasteiger partial charge in [0, 0.05) is 40.4 Å². The van der Waals surface area contributed by atoms with Gasteiger partial charge in [0.15, 0.2) is 5.76 Å². The zero-order chi connectivity index (χ0) is 27.0. The molecular formula is C29H28N6O3S. The molecule has 2 atom stereocenters. The topological polar surface area (TPSA) is 124 Å². The second-order valence-electron chi connectivity index (χ2n) is 10.2. The summed E-state index contributed by atoms with van der Waals surface area (Å²) in [6.45, 7) is 4.50. The van der Waals surface area contributed by atoms with Crippen LogP contribution in [0.1, 0.15) is 58.3 Å². The van der Waals surface area contributed by atoms with Crippen LogP contribution >= 0.6 is 11.3 Å². The molecule has 0 aliphatic carbocycles. The first-order valence-corrected chi connectivity index (χ1v) is 13.7. The van der Waals surface area contributed by atoms with Crippen molar-refractivity contribution < 1.29 is 13.7 Å². The number of likely N-dealkylation sites (tertiary alicyclic amines) is 1. The molecule has 4 heterocycles. The van der Waals surface area contributed by atoms with Crippen LogP contribution in [0, 0.1) is 6.92 Å². The lowest BCUT2D eigenvalue weighted by atomic mass is 9.94. The zero-order valence-corrected chi connectivity index (χ0v) is 22.5. The number of benzene rings is 2. The Morgan fingerprint density at radius 3 is 2.72 bits per heavy atom. The van der Waals surface area contributed by atoms with E-state index in [1.54, 1.807) is 29.7 Å². The first kappa shape index (κ1) is 25.1. The smallest absolute Gasteiger partial charge is 0.254 e. The average Bonchev–Trinajstić information content (AvgIpc) is 3.74. The minimum atomic E-state index is -0.873. The van der Waals surface area contributed by atoms with Gasteiger partial charge in [0.05, 0.1) is 17.8 Å². The normalized spacial score (nSPS) is 16.9. The number of thiazole rings is 1. The Hall–Kier alpha value is -4.15. The Morgan fingerprint density at radius 1 is 1.15 bits per heavy atom. The van der Waals surface area contributed by atoms with Crippen molar-refractivity contribution in [1.82, 2.24) is 25.2 Å². The Balaban J connectivity index is 1.35. The number of hydrogen-bond donors (Lipinski definition) is 1. The maximum atomic E-state index is 13.9. The van der Waals surface area contributed by atoms with E-state index in [0.29, 0.717) is 41.3 Å². The molecule has 1 aliphatic rings. The Labute approximate surface area is 229 Å². The zero-order valence-electron chi connectivity index (χ0n) is 21.7. The third-order valence-corrected chi connectivity index (χ3v) is 7.98. The summed E-state index contributed by atoms with van der Waals surface area (Å²) in [6.07, 6.45) is 3.91. The molecule has 1 fully saturated rings. The summed E-state index contributed by atoms with van der Waals surface area (Å²) < 4.78 is 11.5. The molecule has 6 rings (SSSR count). The second-order valence-corrected chi connectivity index (χ2v) is 11.0. The number of nitrogens with zero attached hydrogens (tertiary/aromatic N) is 5. The van der Waals surface area contributed by atoms with E-state index >= 15 is 0 Å². The summed E-state index contributed by atoms with van der Waals surface area (Å²) in [5.41, 5.74) is 9.57. The van der Waals surface area contributed by atoms with Crippen LogP contribution in [0.3, 0.4) is 0 Å². The van der Waals surface area contributed by atoms with Gasteiger partial charge in [0.2, 0.25) is 11.8 Å². The molecule has 3 aromatic heterocycles. The molecular weight excluding hydrogens is 512 g/mol. The maximum Gasteiger partial charge on any atom is 0.254 e. The van der Waals surface area contributed by atoms with Crippen molar-refractivity contribution in [1.29, 1.82) is 0 Å². The molecule has 0 spiro atoms. The predicted molar refractivity (Wildman–Crippen MR) is 147 cm³/mol. The minimum Gasteiger partial charge on any atom is -0.419 e. The molecule has 39 heavy (non-hydrogen) atoms. The fraction of sp³-hybridized carbons (Fsp3) is 0.276. The molecule has 0 saturated carbocycles. The molecule has 0 unspecified atom stereocenters. The van der Waals surface area contributed by atoms with Gasteiger partial charge in [-0.05, 0) is 56.9 Å². The average molecular weight is 541 g/mol. The summed E-state index contributed by atoms with van der Waals surface area (Å²) in [5, 5.41) is 15.4. The molecule has 5 aromatic rings. The number of amides is 1. The van der Waals surface area contributed by atoms with Crippen LogP contribution < -0.4 is 5.73 Å². The number of aryl methyl sites for hydroxylation is 1. The standard InChI is InChI=1S/C29H28N6O3S/c1-18-17-39-26(32-18)23-9-6-12-35(23)27(36)22-14-20(24-10-11-31-38-24)13-21(15-22)25-33-34-28(37-25)29(2,30)16-19-7-4-3-5-8-19/h3-5,7-8,10-11,13-15,17,23H,6,9,12,16,30H2,1-2H3/t23-,29-/m1/s1. The van der Waals surface area contributed by atoms with Crippen LogP contribution in [-0.2, 0) is 12.0 Å². The van der Waals surface area contributed by atoms with E-state index < -0.39 is 5.54 Å². The van der Waals surface area contributed by atoms with E-state index in [1.807, 2.05) is 66.6 Å². The fourth-order valence-electron chi connectivity index (χ4n) is 5.01. The highest BCUT2D eigenvalue weighted by atomic mass is 32.1. The van der Waals surface area contributed by atoms with Crippen molar-refractivity contribution >= 4 is 17.2 Å². The highest BCUT2D eigenvalue weighted by molar-refractivity contribution is 7.09. The fourth-order valence-corrected chi connectivity index (χ4v) is 5.95. The highest BCUT2D eigenvalue weighted by Gasteiger charge is 2.33. The Kier molecular flexibility index (Phi) is 6.58. The van der Waals surface area contributed by atoms with Crippen molar-refractivity contribution in [2.24, 2.45) is 5.73 Å². The number of carbonyl (C=O) groups is 1. The van der Waals surface area contributed by atoms with E-state index in [9.17, 15) is 4.79 Å². The quantitative estimate of drug-likeness (QED) is 0.285. The van der Waals surface area contributed by atoms with Gasteiger partial charge in [0.1, 0.15) is 5.01 Å². The summed E-state index contributed by atoms with van der Waals surface area (Å²) in [6, 6.07) is 17.1. The van der Waals surface area contributed by atoms with Crippen LogP contribution in [0.15, 0.2) is 75.1 Å². The molecule has 10 heteroatoms. The van der Waals surface area contributed by atoms with E-state index in [2.05, 4.69) is 20.3 Å². The molecule has 1 saturated heterocycles. The van der Waals surface area contributed by atoms with Crippen molar-refractivity contribution in [3.8, 4) is 22.8 Å². The van der Waals surface area contributed by atoms with Crippen molar-refractivity contribution in [2.45, 2.75) is 44.7 Å². The first-order chi connectivity index (χ1) is 18.9.